The summed E-state index contributed by atoms with van der Waals surface area (Å²) in [5.74, 6) is 0.761. The van der Waals surface area contributed by atoms with Crippen molar-refractivity contribution < 1.29 is 19.5 Å². The molecule has 3 amide bonds. The van der Waals surface area contributed by atoms with Crippen molar-refractivity contribution in [3.63, 3.8) is 0 Å². The fourth-order valence-corrected chi connectivity index (χ4v) is 5.39. The van der Waals surface area contributed by atoms with Crippen molar-refractivity contribution in [3.05, 3.63) is 46.4 Å². The fraction of sp³-hybridized carbons (Fsp3) is 0.417. The Morgan fingerprint density at radius 1 is 1.14 bits per heavy atom. The Morgan fingerprint density at radius 3 is 2.60 bits per heavy atom. The zero-order chi connectivity index (χ0) is 24.4. The summed E-state index contributed by atoms with van der Waals surface area (Å²) in [7, 11) is 0. The Balaban J connectivity index is 1.24. The van der Waals surface area contributed by atoms with E-state index in [0.29, 0.717) is 44.8 Å². The van der Waals surface area contributed by atoms with Gasteiger partial charge in [0, 0.05) is 44.0 Å². The number of aliphatic hydroxyl groups is 1. The van der Waals surface area contributed by atoms with Crippen LogP contribution in [-0.4, -0.2) is 79.8 Å². The molecule has 1 spiro atoms. The number of fused-ring (bicyclic) bond motifs is 2. The topological polar surface area (TPSA) is 129 Å². The van der Waals surface area contributed by atoms with Crippen molar-refractivity contribution in [2.75, 3.05) is 38.1 Å². The van der Waals surface area contributed by atoms with Gasteiger partial charge < -0.3 is 20.2 Å². The molecule has 2 N–H and O–H groups in total. The molecule has 0 aliphatic carbocycles. The van der Waals surface area contributed by atoms with Gasteiger partial charge in [0.1, 0.15) is 17.9 Å². The monoisotopic (exact) mass is 494 g/mol. The summed E-state index contributed by atoms with van der Waals surface area (Å²) >= 11 is 1.32. The van der Waals surface area contributed by atoms with Crippen LogP contribution < -0.4 is 5.32 Å². The largest absolute Gasteiger partial charge is 0.387 e. The van der Waals surface area contributed by atoms with Gasteiger partial charge in [0.15, 0.2) is 5.82 Å². The van der Waals surface area contributed by atoms with Gasteiger partial charge in [0.25, 0.3) is 0 Å². The average Bonchev–Trinajstić information content (AvgIpc) is 3.49. The molecule has 2 saturated heterocycles. The lowest BCUT2D eigenvalue weighted by molar-refractivity contribution is -0.137. The zero-order valence-electron chi connectivity index (χ0n) is 19.1. The van der Waals surface area contributed by atoms with Gasteiger partial charge in [-0.25, -0.2) is 9.97 Å². The molecular weight excluding hydrogens is 468 g/mol. The molecule has 35 heavy (non-hydrogen) atoms. The van der Waals surface area contributed by atoms with E-state index in [1.807, 2.05) is 17.0 Å². The van der Waals surface area contributed by atoms with Crippen molar-refractivity contribution in [2.45, 2.75) is 31.1 Å². The van der Waals surface area contributed by atoms with Gasteiger partial charge in [-0.1, -0.05) is 5.57 Å². The van der Waals surface area contributed by atoms with Gasteiger partial charge in [0.2, 0.25) is 17.7 Å². The van der Waals surface area contributed by atoms with E-state index in [9.17, 15) is 14.4 Å². The van der Waals surface area contributed by atoms with Crippen LogP contribution in [0.4, 0.5) is 5.82 Å². The summed E-state index contributed by atoms with van der Waals surface area (Å²) in [4.78, 5) is 49.5. The number of nitrogens with one attached hydrogen (secondary N) is 1. The number of hydrogen-bond acceptors (Lipinski definition) is 8. The number of rotatable bonds is 4. The van der Waals surface area contributed by atoms with Crippen LogP contribution >= 0.6 is 11.5 Å². The maximum Gasteiger partial charge on any atom is 0.248 e. The third-order valence-electron chi connectivity index (χ3n) is 7.04. The second-order valence-electron chi connectivity index (χ2n) is 8.99. The van der Waals surface area contributed by atoms with Crippen molar-refractivity contribution in [2.24, 2.45) is 0 Å². The van der Waals surface area contributed by atoms with E-state index >= 15 is 0 Å². The lowest BCUT2D eigenvalue weighted by Crippen LogP contribution is -2.49. The molecule has 0 atom stereocenters. The quantitative estimate of drug-likeness (QED) is 0.616. The van der Waals surface area contributed by atoms with Gasteiger partial charge in [-0.15, -0.1) is 0 Å². The van der Waals surface area contributed by atoms with E-state index in [1.165, 1.54) is 17.1 Å². The highest BCUT2D eigenvalue weighted by Gasteiger charge is 2.49. The van der Waals surface area contributed by atoms with Crippen LogP contribution in [0.2, 0.25) is 0 Å². The van der Waals surface area contributed by atoms with Crippen molar-refractivity contribution >= 4 is 47.2 Å². The lowest BCUT2D eigenvalue weighted by Gasteiger charge is -2.37. The molecule has 10 nitrogen and oxygen atoms in total. The maximum absolute atomic E-state index is 12.9. The van der Waals surface area contributed by atoms with Gasteiger partial charge in [0.05, 0.1) is 5.41 Å². The minimum Gasteiger partial charge on any atom is -0.387 e. The van der Waals surface area contributed by atoms with E-state index in [4.69, 9.17) is 5.11 Å². The Labute approximate surface area is 206 Å². The zero-order valence-corrected chi connectivity index (χ0v) is 20.0. The van der Waals surface area contributed by atoms with E-state index in [0.717, 1.165) is 29.8 Å². The molecule has 2 fully saturated rings. The van der Waals surface area contributed by atoms with Gasteiger partial charge in [-0.2, -0.15) is 4.37 Å². The summed E-state index contributed by atoms with van der Waals surface area (Å²) in [6.07, 6.45) is 9.46. The second-order valence-corrected chi connectivity index (χ2v) is 9.59. The van der Waals surface area contributed by atoms with Crippen LogP contribution in [0.15, 0.2) is 29.4 Å². The van der Waals surface area contributed by atoms with Crippen LogP contribution in [-0.2, 0) is 19.8 Å². The molecular formula is C24H26N6O4S. The summed E-state index contributed by atoms with van der Waals surface area (Å²) < 4.78 is 4.21. The van der Waals surface area contributed by atoms with Gasteiger partial charge in [-0.05, 0) is 61.0 Å². The summed E-state index contributed by atoms with van der Waals surface area (Å²) in [5, 5.41) is 12.0. The minimum atomic E-state index is -0.746. The molecule has 0 unspecified atom stereocenters. The normalized spacial score (nSPS) is 19.2. The molecule has 5 rings (SSSR count). The number of likely N-dealkylation sites (tertiary alicyclic amines) is 2. The number of carbonyl (C=O) groups is 3. The number of aromatic nitrogens is 3. The number of anilines is 1. The predicted molar refractivity (Wildman–Crippen MR) is 130 cm³/mol. The van der Waals surface area contributed by atoms with E-state index in [2.05, 4.69) is 19.7 Å². The molecule has 182 valence electrons. The second kappa shape index (κ2) is 9.67. The van der Waals surface area contributed by atoms with Crippen molar-refractivity contribution in [1.82, 2.24) is 24.1 Å². The van der Waals surface area contributed by atoms with Gasteiger partial charge >= 0.3 is 0 Å². The molecule has 5 heterocycles. The molecule has 11 heteroatoms. The summed E-state index contributed by atoms with van der Waals surface area (Å²) in [5.41, 5.74) is 3.75. The van der Waals surface area contributed by atoms with Crippen molar-refractivity contribution in [3.8, 4) is 0 Å². The predicted octanol–water partition coefficient (Wildman–Crippen LogP) is 1.46. The third-order valence-corrected chi connectivity index (χ3v) is 7.54. The molecule has 3 aliphatic rings. The Kier molecular flexibility index (Phi) is 6.44. The number of nitrogens with zero attached hydrogens (tertiary/aromatic N) is 5. The highest BCUT2D eigenvalue weighted by molar-refractivity contribution is 7.03. The molecule has 0 radical (unpaired) electrons. The molecule has 3 aliphatic heterocycles. The first-order chi connectivity index (χ1) is 17.0. The number of amides is 3. The Hall–Kier alpha value is -3.44. The van der Waals surface area contributed by atoms with E-state index in [1.54, 1.807) is 28.8 Å². The molecule has 2 aromatic heterocycles. The third kappa shape index (κ3) is 4.61. The number of aliphatic hydroxyl groups excluding tert-OH is 1. The van der Waals surface area contributed by atoms with E-state index < -0.39 is 12.0 Å². The number of hydrogen-bond donors (Lipinski definition) is 2. The van der Waals surface area contributed by atoms with E-state index in [-0.39, 0.29) is 17.7 Å². The smallest absolute Gasteiger partial charge is 0.248 e. The number of carbonyl (C=O) groups excluding carboxylic acids is 3. The standard InChI is InChI=1S/C24H26N6O4S/c31-14-21(33)30-9-5-24(6-10-30)18-11-17(13-25-22(18)27-23(24)34)1-2-20(32)29-7-3-16(4-8-29)12-19-26-15-35-28-19/h1-2,11-13,15,31H,3-10,14H2,(H,25,27,34). The van der Waals surface area contributed by atoms with Crippen LogP contribution in [0.25, 0.3) is 12.2 Å². The highest BCUT2D eigenvalue weighted by atomic mass is 32.1. The first-order valence-corrected chi connectivity index (χ1v) is 12.5. The molecule has 0 aromatic carbocycles. The number of pyridine rings is 1. The summed E-state index contributed by atoms with van der Waals surface area (Å²) in [6, 6.07) is 1.91. The minimum absolute atomic E-state index is 0.0592. The van der Waals surface area contributed by atoms with Crippen LogP contribution in [0.3, 0.4) is 0 Å². The Morgan fingerprint density at radius 2 is 1.91 bits per heavy atom. The average molecular weight is 495 g/mol. The lowest BCUT2D eigenvalue weighted by atomic mass is 9.74. The first kappa shape index (κ1) is 23.3. The van der Waals surface area contributed by atoms with Gasteiger partial charge in [-0.3, -0.25) is 14.4 Å². The van der Waals surface area contributed by atoms with Crippen LogP contribution in [0, 0.1) is 0 Å². The highest BCUT2D eigenvalue weighted by Crippen LogP contribution is 2.44. The van der Waals surface area contributed by atoms with Crippen LogP contribution in [0.5, 0.6) is 0 Å². The SMILES string of the molecule is O=C(C=Cc1cnc2c(c1)C1(CCN(C(=O)CO)CC1)C(=O)N2)N1CCC(=Cc2ncsn2)CC1. The molecule has 2 aromatic rings. The maximum atomic E-state index is 12.9. The summed E-state index contributed by atoms with van der Waals surface area (Å²) in [6.45, 7) is 1.56. The van der Waals surface area contributed by atoms with Crippen LogP contribution in [0.1, 0.15) is 42.6 Å². The fourth-order valence-electron chi connectivity index (χ4n) is 4.98. The van der Waals surface area contributed by atoms with Crippen molar-refractivity contribution in [1.29, 1.82) is 0 Å². The Bertz CT molecular complexity index is 1190. The first-order valence-electron chi connectivity index (χ1n) is 11.6. The molecule has 0 bridgehead atoms. The molecule has 0 saturated carbocycles. The number of piperidine rings is 2.